The highest BCUT2D eigenvalue weighted by Crippen LogP contribution is 2.12. The first-order valence-corrected chi connectivity index (χ1v) is 3.35. The predicted molar refractivity (Wildman–Crippen MR) is 46.6 cm³/mol. The Morgan fingerprint density at radius 3 is 2.42 bits per heavy atom. The van der Waals surface area contributed by atoms with Gasteiger partial charge in [0.05, 0.1) is 0 Å². The first-order valence-electron chi connectivity index (χ1n) is 3.35. The molecule has 2 N–H and O–H groups in total. The average molecular weight is 165 g/mol. The third-order valence-corrected chi connectivity index (χ3v) is 1.31. The molecule has 1 aromatic rings. The van der Waals surface area contributed by atoms with Crippen LogP contribution in [0, 0.1) is 5.21 Å². The van der Waals surface area contributed by atoms with E-state index in [4.69, 9.17) is 5.84 Å². The van der Waals surface area contributed by atoms with Gasteiger partial charge in [-0.3, -0.25) is 0 Å². The van der Waals surface area contributed by atoms with Crippen LogP contribution in [0.5, 0.6) is 5.75 Å². The molecular weight excluding hydrogens is 156 g/mol. The number of nitrogens with two attached hydrogens (primary N) is 1. The number of benzene rings is 1. The summed E-state index contributed by atoms with van der Waals surface area (Å²) in [4.78, 5) is 4.53. The van der Waals surface area contributed by atoms with E-state index < -0.39 is 0 Å². The molecule has 0 bridgehead atoms. The second-order valence-corrected chi connectivity index (χ2v) is 2.15. The molecule has 1 aromatic carbocycles. The molecule has 0 aliphatic rings. The van der Waals surface area contributed by atoms with Crippen LogP contribution in [0.3, 0.4) is 0 Å². The number of nitrogens with zero attached hydrogens (tertiary/aromatic N) is 1. The van der Waals surface area contributed by atoms with E-state index in [2.05, 4.69) is 11.4 Å². The van der Waals surface area contributed by atoms with Gasteiger partial charge >= 0.3 is 0 Å². The van der Waals surface area contributed by atoms with E-state index in [1.165, 1.54) is 0 Å². The Labute approximate surface area is 70.4 Å². The molecule has 0 amide bonds. The van der Waals surface area contributed by atoms with Crippen molar-refractivity contribution in [3.8, 4) is 5.75 Å². The van der Waals surface area contributed by atoms with Gasteiger partial charge in [-0.05, 0) is 17.7 Å². The lowest BCUT2D eigenvalue weighted by Crippen LogP contribution is -2.27. The molecule has 0 atom stereocenters. The van der Waals surface area contributed by atoms with E-state index in [0.29, 0.717) is 5.75 Å². The Kier molecular flexibility index (Phi) is 2.82. The van der Waals surface area contributed by atoms with Crippen LogP contribution in [0.25, 0.3) is 6.08 Å². The largest absolute Gasteiger partial charge is 0.738 e. The van der Waals surface area contributed by atoms with Gasteiger partial charge in [-0.15, -0.1) is 5.34 Å². The van der Waals surface area contributed by atoms with E-state index >= 15 is 0 Å². The molecule has 12 heavy (non-hydrogen) atoms. The van der Waals surface area contributed by atoms with Crippen LogP contribution >= 0.6 is 0 Å². The van der Waals surface area contributed by atoms with Gasteiger partial charge in [0.2, 0.25) is 0 Å². The fourth-order valence-corrected chi connectivity index (χ4v) is 0.769. The Hall–Kier alpha value is -1.36. The monoisotopic (exact) mass is 165 g/mol. The number of hydrogen-bond acceptors (Lipinski definition) is 4. The smallest absolute Gasteiger partial charge is 0.148 e. The van der Waals surface area contributed by atoms with E-state index in [1.54, 1.807) is 30.3 Å². The Morgan fingerprint density at radius 2 is 2.00 bits per heavy atom. The molecule has 0 radical (unpaired) electrons. The summed E-state index contributed by atoms with van der Waals surface area (Å²) >= 11 is 0. The summed E-state index contributed by atoms with van der Waals surface area (Å²) in [6, 6.07) is 6.81. The van der Waals surface area contributed by atoms with Crippen molar-refractivity contribution in [2.75, 3.05) is 0 Å². The zero-order valence-electron chi connectivity index (χ0n) is 6.43. The second kappa shape index (κ2) is 3.87. The van der Waals surface area contributed by atoms with Crippen LogP contribution in [0.1, 0.15) is 5.56 Å². The Morgan fingerprint density at radius 1 is 1.42 bits per heavy atom. The van der Waals surface area contributed by atoms with Crippen molar-refractivity contribution in [3.63, 3.8) is 0 Å². The van der Waals surface area contributed by atoms with Crippen molar-refractivity contribution >= 4 is 6.08 Å². The van der Waals surface area contributed by atoms with Crippen molar-refractivity contribution in [2.24, 2.45) is 5.84 Å². The van der Waals surface area contributed by atoms with E-state index in [-0.39, 0.29) is 5.34 Å². The fraction of sp³-hybridized carbons (Fsp3) is 0. The first kappa shape index (κ1) is 8.73. The lowest BCUT2D eigenvalue weighted by molar-refractivity contribution is -0.00799. The summed E-state index contributed by atoms with van der Waals surface area (Å²) in [5, 5.41) is 10.1. The maximum absolute atomic E-state index is 10.2. The summed E-state index contributed by atoms with van der Waals surface area (Å²) in [5.41, 5.74) is 0.955. The minimum Gasteiger partial charge on any atom is -0.738 e. The van der Waals surface area contributed by atoms with Gasteiger partial charge in [-0.1, -0.05) is 24.8 Å². The lowest BCUT2D eigenvalue weighted by Gasteiger charge is -2.20. The molecule has 0 unspecified atom stereocenters. The average Bonchev–Trinajstić information content (AvgIpc) is 2.05. The van der Waals surface area contributed by atoms with E-state index in [1.807, 2.05) is 0 Å². The normalized spacial score (nSPS) is 9.92. The number of hydrogen-bond donors (Lipinski definition) is 1. The first-order chi connectivity index (χ1) is 5.72. The maximum Gasteiger partial charge on any atom is 0.148 e. The van der Waals surface area contributed by atoms with Gasteiger partial charge in [-0.25, -0.2) is 5.84 Å². The minimum atomic E-state index is -0.0943. The molecule has 0 spiro atoms. The van der Waals surface area contributed by atoms with Gasteiger partial charge in [0, 0.05) is 0 Å². The van der Waals surface area contributed by atoms with Gasteiger partial charge < -0.3 is 10.0 Å². The third-order valence-electron chi connectivity index (χ3n) is 1.31. The molecule has 0 aliphatic carbocycles. The van der Waals surface area contributed by atoms with Gasteiger partial charge in [0.15, 0.2) is 0 Å². The molecule has 4 heteroatoms. The minimum absolute atomic E-state index is 0.0943. The molecule has 1 rings (SSSR count). The lowest BCUT2D eigenvalue weighted by atomic mass is 10.2. The number of hydrazine groups is 1. The highest BCUT2D eigenvalue weighted by molar-refractivity contribution is 5.48. The molecule has 4 nitrogen and oxygen atoms in total. The summed E-state index contributed by atoms with van der Waals surface area (Å²) < 4.78 is 0. The third kappa shape index (κ3) is 2.35. The molecule has 0 saturated heterocycles. The fourth-order valence-electron chi connectivity index (χ4n) is 0.769. The van der Waals surface area contributed by atoms with Crippen LogP contribution in [0.4, 0.5) is 0 Å². The van der Waals surface area contributed by atoms with E-state index in [0.717, 1.165) is 5.56 Å². The van der Waals surface area contributed by atoms with Crippen LogP contribution in [0.2, 0.25) is 0 Å². The van der Waals surface area contributed by atoms with Crippen LogP contribution < -0.4 is 10.7 Å². The highest BCUT2D eigenvalue weighted by atomic mass is 16.9. The topological polar surface area (TPSA) is 61.5 Å². The van der Waals surface area contributed by atoms with Gasteiger partial charge in [0.25, 0.3) is 0 Å². The molecule has 0 aliphatic heterocycles. The van der Waals surface area contributed by atoms with Crippen molar-refractivity contribution in [2.45, 2.75) is 0 Å². The maximum atomic E-state index is 10.2. The SMILES string of the molecule is C=Cc1ccc(ON(N)[O-])cc1. The van der Waals surface area contributed by atoms with Gasteiger partial charge in [0.1, 0.15) is 5.75 Å². The molecule has 0 saturated carbocycles. The molecule has 0 heterocycles. The van der Waals surface area contributed by atoms with Crippen molar-refractivity contribution in [1.29, 1.82) is 0 Å². The highest BCUT2D eigenvalue weighted by Gasteiger charge is 1.91. The quantitative estimate of drug-likeness (QED) is 0.541. The Balaban J connectivity index is 2.71. The standard InChI is InChI=1S/C8H9N2O2/c1-2-7-3-5-8(6-4-7)12-10(9)11/h2-6H,1,9H2/q-1. The van der Waals surface area contributed by atoms with Crippen molar-refractivity contribution in [3.05, 3.63) is 41.6 Å². The molecule has 0 aromatic heterocycles. The summed E-state index contributed by atoms with van der Waals surface area (Å²) in [5.74, 6) is 5.13. The summed E-state index contributed by atoms with van der Waals surface area (Å²) in [6.45, 7) is 3.58. The molecule has 64 valence electrons. The summed E-state index contributed by atoms with van der Waals surface area (Å²) in [6.07, 6.45) is 1.70. The molecule has 0 fully saturated rings. The van der Waals surface area contributed by atoms with Crippen LogP contribution in [0.15, 0.2) is 30.8 Å². The van der Waals surface area contributed by atoms with Crippen molar-refractivity contribution < 1.29 is 4.84 Å². The zero-order chi connectivity index (χ0) is 8.97. The van der Waals surface area contributed by atoms with Crippen LogP contribution in [-0.4, -0.2) is 5.34 Å². The molecular formula is C8H9N2O2-. The van der Waals surface area contributed by atoms with Crippen LogP contribution in [-0.2, 0) is 0 Å². The zero-order valence-corrected chi connectivity index (χ0v) is 6.43. The van der Waals surface area contributed by atoms with Gasteiger partial charge in [-0.2, -0.15) is 0 Å². The summed E-state index contributed by atoms with van der Waals surface area (Å²) in [7, 11) is 0. The van der Waals surface area contributed by atoms with E-state index in [9.17, 15) is 5.21 Å². The second-order valence-electron chi connectivity index (χ2n) is 2.15. The Bertz CT molecular complexity index is 256. The number of rotatable bonds is 3. The predicted octanol–water partition coefficient (Wildman–Crippen LogP) is 1.30. The van der Waals surface area contributed by atoms with Crippen molar-refractivity contribution in [1.82, 2.24) is 5.34 Å².